The van der Waals surface area contributed by atoms with Crippen LogP contribution in [-0.4, -0.2) is 49.7 Å². The molecule has 0 fully saturated rings. The van der Waals surface area contributed by atoms with Crippen molar-refractivity contribution in [3.05, 3.63) is 40.6 Å². The zero-order chi connectivity index (χ0) is 26.9. The summed E-state index contributed by atoms with van der Waals surface area (Å²) in [5, 5.41) is 2.92. The average molecular weight is 531 g/mol. The molecule has 0 bridgehead atoms. The summed E-state index contributed by atoms with van der Waals surface area (Å²) in [6.07, 6.45) is 0.785. The molecule has 1 N–H and O–H groups in total. The standard InChI is InChI=1S/C25H27ClN4O7/c1-13(31)30-10-9-25(2,3)14-11-18(15(26)12-16(14)30)37-19-8-7-17(36-19)21(32)27-20-22(33-4)28-24(35-6)29-23(20)34-5/h7-8,11-12H,9-10H2,1-6H3,(H,27,32). The van der Waals surface area contributed by atoms with Gasteiger partial charge in [0.15, 0.2) is 11.4 Å². The van der Waals surface area contributed by atoms with E-state index in [-0.39, 0.29) is 46.5 Å². The van der Waals surface area contributed by atoms with Crippen LogP contribution in [0.25, 0.3) is 0 Å². The first kappa shape index (κ1) is 26.1. The molecule has 0 radical (unpaired) electrons. The third kappa shape index (κ3) is 5.12. The van der Waals surface area contributed by atoms with Gasteiger partial charge in [-0.25, -0.2) is 0 Å². The highest BCUT2D eigenvalue weighted by atomic mass is 35.5. The van der Waals surface area contributed by atoms with Crippen LogP contribution in [0.4, 0.5) is 11.4 Å². The monoisotopic (exact) mass is 530 g/mol. The van der Waals surface area contributed by atoms with E-state index in [4.69, 9.17) is 35.0 Å². The van der Waals surface area contributed by atoms with Gasteiger partial charge in [0.1, 0.15) is 5.75 Å². The molecule has 1 aromatic carbocycles. The summed E-state index contributed by atoms with van der Waals surface area (Å²) >= 11 is 6.51. The van der Waals surface area contributed by atoms with Gasteiger partial charge in [-0.1, -0.05) is 25.4 Å². The zero-order valence-electron chi connectivity index (χ0n) is 21.3. The molecule has 0 atom stereocenters. The second-order valence-electron chi connectivity index (χ2n) is 8.88. The van der Waals surface area contributed by atoms with E-state index in [0.29, 0.717) is 17.3 Å². The van der Waals surface area contributed by atoms with Crippen LogP contribution in [0.3, 0.4) is 0 Å². The highest BCUT2D eigenvalue weighted by Crippen LogP contribution is 2.45. The smallest absolute Gasteiger partial charge is 0.322 e. The molecule has 196 valence electrons. The molecule has 0 saturated heterocycles. The molecule has 1 aliphatic rings. The minimum Gasteiger partial charge on any atom is -0.479 e. The van der Waals surface area contributed by atoms with Crippen molar-refractivity contribution >= 4 is 34.8 Å². The van der Waals surface area contributed by atoms with E-state index < -0.39 is 5.91 Å². The number of halogens is 1. The van der Waals surface area contributed by atoms with Crippen LogP contribution in [0.15, 0.2) is 28.7 Å². The largest absolute Gasteiger partial charge is 0.479 e. The van der Waals surface area contributed by atoms with E-state index >= 15 is 0 Å². The van der Waals surface area contributed by atoms with E-state index in [2.05, 4.69) is 29.1 Å². The summed E-state index contributed by atoms with van der Waals surface area (Å²) in [5.74, 6) is -0.243. The van der Waals surface area contributed by atoms with Gasteiger partial charge in [0, 0.05) is 25.2 Å². The average Bonchev–Trinajstić information content (AvgIpc) is 3.33. The van der Waals surface area contributed by atoms with E-state index in [1.165, 1.54) is 40.4 Å². The number of nitrogens with one attached hydrogen (secondary N) is 1. The third-order valence-electron chi connectivity index (χ3n) is 6.06. The Labute approximate surface area is 218 Å². The molecule has 12 heteroatoms. The number of anilines is 2. The lowest BCUT2D eigenvalue weighted by Crippen LogP contribution is -2.39. The number of aromatic nitrogens is 2. The van der Waals surface area contributed by atoms with Crippen LogP contribution in [-0.2, 0) is 10.2 Å². The number of nitrogens with zero attached hydrogens (tertiary/aromatic N) is 3. The fourth-order valence-electron chi connectivity index (χ4n) is 4.04. The van der Waals surface area contributed by atoms with E-state index in [0.717, 1.165) is 17.7 Å². The number of rotatable bonds is 7. The van der Waals surface area contributed by atoms with Crippen molar-refractivity contribution in [2.24, 2.45) is 0 Å². The Morgan fingerprint density at radius 1 is 1.08 bits per heavy atom. The van der Waals surface area contributed by atoms with E-state index in [1.807, 2.05) is 0 Å². The number of carbonyl (C=O) groups is 2. The van der Waals surface area contributed by atoms with Gasteiger partial charge < -0.3 is 33.6 Å². The van der Waals surface area contributed by atoms with Gasteiger partial charge in [-0.3, -0.25) is 9.59 Å². The molecule has 3 aromatic rings. The number of amides is 2. The molecule has 0 aliphatic carbocycles. The second kappa shape index (κ2) is 10.2. The molecule has 2 amide bonds. The minimum atomic E-state index is -0.616. The molecule has 0 saturated carbocycles. The van der Waals surface area contributed by atoms with Crippen molar-refractivity contribution < 1.29 is 33.0 Å². The molecule has 11 nitrogen and oxygen atoms in total. The SMILES string of the molecule is COc1nc(OC)c(NC(=O)c2ccc(Oc3cc4c(cc3Cl)N(C(C)=O)CCC4(C)C)o2)c(OC)n1. The van der Waals surface area contributed by atoms with Gasteiger partial charge in [-0.05, 0) is 35.6 Å². The van der Waals surface area contributed by atoms with Crippen molar-refractivity contribution in [1.29, 1.82) is 0 Å². The van der Waals surface area contributed by atoms with Crippen LogP contribution in [0.2, 0.25) is 5.02 Å². The molecule has 0 unspecified atom stereocenters. The van der Waals surface area contributed by atoms with Crippen molar-refractivity contribution in [2.75, 3.05) is 38.1 Å². The summed E-state index contributed by atoms with van der Waals surface area (Å²) in [5.41, 5.74) is 1.59. The summed E-state index contributed by atoms with van der Waals surface area (Å²) in [6, 6.07) is 6.47. The number of ether oxygens (including phenoxy) is 4. The molecular weight excluding hydrogens is 504 g/mol. The first-order valence-corrected chi connectivity index (χ1v) is 11.7. The normalized spacial score (nSPS) is 14.0. The predicted molar refractivity (Wildman–Crippen MR) is 136 cm³/mol. The van der Waals surface area contributed by atoms with Crippen molar-refractivity contribution in [2.45, 2.75) is 32.6 Å². The zero-order valence-corrected chi connectivity index (χ0v) is 22.1. The number of hydrogen-bond donors (Lipinski definition) is 1. The van der Waals surface area contributed by atoms with Gasteiger partial charge in [0.05, 0.1) is 26.4 Å². The number of furan rings is 1. The lowest BCUT2D eigenvalue weighted by atomic mass is 9.77. The van der Waals surface area contributed by atoms with Gasteiger partial charge in [-0.2, -0.15) is 9.97 Å². The number of hydrogen-bond acceptors (Lipinski definition) is 9. The highest BCUT2D eigenvalue weighted by Gasteiger charge is 2.34. The summed E-state index contributed by atoms with van der Waals surface area (Å²) in [4.78, 5) is 34.8. The Morgan fingerprint density at radius 2 is 1.76 bits per heavy atom. The van der Waals surface area contributed by atoms with Crippen LogP contribution in [0, 0.1) is 0 Å². The molecule has 2 aromatic heterocycles. The number of benzene rings is 1. The quantitative estimate of drug-likeness (QED) is 0.457. The number of carbonyl (C=O) groups excluding carboxylic acids is 2. The van der Waals surface area contributed by atoms with Crippen LogP contribution < -0.4 is 29.2 Å². The summed E-state index contributed by atoms with van der Waals surface area (Å²) in [6.45, 7) is 6.33. The lowest BCUT2D eigenvalue weighted by Gasteiger charge is -2.39. The van der Waals surface area contributed by atoms with E-state index in [9.17, 15) is 9.59 Å². The maximum Gasteiger partial charge on any atom is 0.322 e. The Morgan fingerprint density at radius 3 is 2.35 bits per heavy atom. The third-order valence-corrected chi connectivity index (χ3v) is 6.35. The fraction of sp³-hybridized carbons (Fsp3) is 0.360. The molecule has 4 rings (SSSR count). The second-order valence-corrected chi connectivity index (χ2v) is 9.29. The van der Waals surface area contributed by atoms with Gasteiger partial charge in [0.2, 0.25) is 17.7 Å². The predicted octanol–water partition coefficient (Wildman–Crippen LogP) is 4.83. The molecule has 0 spiro atoms. The Hall–Kier alpha value is -3.99. The first-order valence-electron chi connectivity index (χ1n) is 11.3. The molecule has 37 heavy (non-hydrogen) atoms. The Bertz CT molecular complexity index is 1330. The molecular formula is C25H27ClN4O7. The number of fused-ring (bicyclic) bond motifs is 1. The number of methoxy groups -OCH3 is 3. The van der Waals surface area contributed by atoms with Crippen molar-refractivity contribution in [3.8, 4) is 29.5 Å². The summed E-state index contributed by atoms with van der Waals surface area (Å²) in [7, 11) is 4.16. The first-order chi connectivity index (χ1) is 17.6. The van der Waals surface area contributed by atoms with E-state index in [1.54, 1.807) is 17.0 Å². The van der Waals surface area contributed by atoms with Gasteiger partial charge in [-0.15, -0.1) is 0 Å². The topological polar surface area (TPSA) is 125 Å². The van der Waals surface area contributed by atoms with Gasteiger partial charge in [0.25, 0.3) is 11.9 Å². The van der Waals surface area contributed by atoms with Crippen LogP contribution in [0.5, 0.6) is 29.5 Å². The molecule has 1 aliphatic heterocycles. The maximum atomic E-state index is 12.9. The maximum absolute atomic E-state index is 12.9. The highest BCUT2D eigenvalue weighted by molar-refractivity contribution is 6.32. The Balaban J connectivity index is 1.58. The van der Waals surface area contributed by atoms with Crippen molar-refractivity contribution in [3.63, 3.8) is 0 Å². The lowest BCUT2D eigenvalue weighted by molar-refractivity contribution is -0.116. The summed E-state index contributed by atoms with van der Waals surface area (Å²) < 4.78 is 27.0. The van der Waals surface area contributed by atoms with Crippen LogP contribution in [0.1, 0.15) is 43.3 Å². The molecule has 3 heterocycles. The van der Waals surface area contributed by atoms with Crippen LogP contribution >= 0.6 is 11.6 Å². The minimum absolute atomic E-state index is 0.0110. The van der Waals surface area contributed by atoms with Gasteiger partial charge >= 0.3 is 6.01 Å². The van der Waals surface area contributed by atoms with Crippen molar-refractivity contribution in [1.82, 2.24) is 9.97 Å². The Kier molecular flexibility index (Phi) is 7.17. The fourth-order valence-corrected chi connectivity index (χ4v) is 4.23.